The quantitative estimate of drug-likeness (QED) is 0.514. The Morgan fingerprint density at radius 1 is 1.38 bits per heavy atom. The van der Waals surface area contributed by atoms with Crippen LogP contribution in [0.25, 0.3) is 0 Å². The average Bonchev–Trinajstić information content (AvgIpc) is 2.17. The van der Waals surface area contributed by atoms with Gasteiger partial charge in [0.1, 0.15) is 0 Å². The number of thiol groups is 1. The second-order valence-corrected chi connectivity index (χ2v) is 3.04. The van der Waals surface area contributed by atoms with Gasteiger partial charge in [-0.2, -0.15) is 12.6 Å². The zero-order chi connectivity index (χ0) is 6.04. The third kappa shape index (κ3) is 1.17. The molecule has 0 aliphatic heterocycles. The number of hydrogen-bond acceptors (Lipinski definition) is 2. The largest absolute Gasteiger partial charge is 0.324 e. The summed E-state index contributed by atoms with van der Waals surface area (Å²) >= 11 is 4.18. The Morgan fingerprint density at radius 3 is 2.12 bits per heavy atom. The van der Waals surface area contributed by atoms with Crippen molar-refractivity contribution in [2.45, 2.75) is 31.2 Å². The summed E-state index contributed by atoms with van der Waals surface area (Å²) < 4.78 is 0. The predicted molar refractivity (Wildman–Crippen MR) is 39.2 cm³/mol. The van der Waals surface area contributed by atoms with Crippen LogP contribution in [0.3, 0.4) is 0 Å². The Kier molecular flexibility index (Phi) is 1.83. The lowest BCUT2D eigenvalue weighted by atomic mass is 10.0. The first-order valence-electron chi connectivity index (χ1n) is 3.17. The number of hydrogen-bond donors (Lipinski definition) is 2. The van der Waals surface area contributed by atoms with Crippen molar-refractivity contribution < 1.29 is 0 Å². The van der Waals surface area contributed by atoms with Crippen molar-refractivity contribution in [3.05, 3.63) is 0 Å². The normalized spacial score (nSPS) is 26.2. The predicted octanol–water partition coefficient (Wildman–Crippen LogP) is 1.19. The molecule has 0 amide bonds. The van der Waals surface area contributed by atoms with Crippen LogP contribution in [0.5, 0.6) is 0 Å². The maximum Gasteiger partial charge on any atom is 0.0243 e. The van der Waals surface area contributed by atoms with Crippen molar-refractivity contribution in [2.24, 2.45) is 5.73 Å². The molecule has 48 valence electrons. The smallest absolute Gasteiger partial charge is 0.0243 e. The first kappa shape index (κ1) is 6.43. The minimum Gasteiger partial charge on any atom is -0.324 e. The lowest BCUT2D eigenvalue weighted by Crippen LogP contribution is -2.38. The third-order valence-corrected chi connectivity index (χ3v) is 2.54. The molecule has 2 N–H and O–H groups in total. The maximum absolute atomic E-state index is 5.88. The number of rotatable bonds is 1. The molecule has 1 aliphatic rings. The standard InChI is InChI=1S/C6H13NS/c7-6(5-8)3-1-2-4-6/h8H,1-5,7H2. The molecule has 1 saturated carbocycles. The van der Waals surface area contributed by atoms with E-state index in [-0.39, 0.29) is 5.54 Å². The molecule has 0 aromatic heterocycles. The summed E-state index contributed by atoms with van der Waals surface area (Å²) in [5.74, 6) is 0.854. The topological polar surface area (TPSA) is 26.0 Å². The first-order chi connectivity index (χ1) is 3.77. The molecule has 0 aromatic rings. The van der Waals surface area contributed by atoms with Crippen molar-refractivity contribution >= 4 is 12.6 Å². The maximum atomic E-state index is 5.88. The molecule has 0 spiro atoms. The van der Waals surface area contributed by atoms with Crippen molar-refractivity contribution in [2.75, 3.05) is 5.75 Å². The van der Waals surface area contributed by atoms with Gasteiger partial charge in [0.05, 0.1) is 0 Å². The summed E-state index contributed by atoms with van der Waals surface area (Å²) in [6.45, 7) is 0. The van der Waals surface area contributed by atoms with E-state index in [1.165, 1.54) is 25.7 Å². The zero-order valence-corrected chi connectivity index (χ0v) is 5.95. The van der Waals surface area contributed by atoms with E-state index in [0.717, 1.165) is 5.75 Å². The lowest BCUT2D eigenvalue weighted by Gasteiger charge is -2.19. The van der Waals surface area contributed by atoms with Crippen molar-refractivity contribution in [3.63, 3.8) is 0 Å². The average molecular weight is 131 g/mol. The molecule has 0 saturated heterocycles. The van der Waals surface area contributed by atoms with Gasteiger partial charge >= 0.3 is 0 Å². The van der Waals surface area contributed by atoms with Gasteiger partial charge in [0.2, 0.25) is 0 Å². The molecule has 0 unspecified atom stereocenters. The van der Waals surface area contributed by atoms with E-state index >= 15 is 0 Å². The van der Waals surface area contributed by atoms with Gasteiger partial charge in [-0.15, -0.1) is 0 Å². The van der Waals surface area contributed by atoms with Crippen LogP contribution < -0.4 is 5.73 Å². The minimum absolute atomic E-state index is 0.100. The fraction of sp³-hybridized carbons (Fsp3) is 1.00. The molecule has 0 radical (unpaired) electrons. The monoisotopic (exact) mass is 131 g/mol. The van der Waals surface area contributed by atoms with Gasteiger partial charge in [-0.25, -0.2) is 0 Å². The van der Waals surface area contributed by atoms with Gasteiger partial charge in [0, 0.05) is 11.3 Å². The Balaban J connectivity index is 2.40. The minimum atomic E-state index is 0.100. The Hall–Kier alpha value is 0.310. The summed E-state index contributed by atoms with van der Waals surface area (Å²) in [7, 11) is 0. The van der Waals surface area contributed by atoms with Crippen molar-refractivity contribution in [1.82, 2.24) is 0 Å². The molecule has 1 fully saturated rings. The van der Waals surface area contributed by atoms with Gasteiger partial charge < -0.3 is 5.73 Å². The van der Waals surface area contributed by atoms with Crippen LogP contribution in [0, 0.1) is 0 Å². The van der Waals surface area contributed by atoms with E-state index in [1.54, 1.807) is 0 Å². The van der Waals surface area contributed by atoms with Crippen molar-refractivity contribution in [3.8, 4) is 0 Å². The van der Waals surface area contributed by atoms with Gasteiger partial charge in [0.25, 0.3) is 0 Å². The first-order valence-corrected chi connectivity index (χ1v) is 3.80. The van der Waals surface area contributed by atoms with Crippen LogP contribution in [-0.2, 0) is 0 Å². The van der Waals surface area contributed by atoms with E-state index in [1.807, 2.05) is 0 Å². The van der Waals surface area contributed by atoms with Crippen LogP contribution in [0.1, 0.15) is 25.7 Å². The van der Waals surface area contributed by atoms with Crippen molar-refractivity contribution in [1.29, 1.82) is 0 Å². The molecule has 1 rings (SSSR count). The molecular weight excluding hydrogens is 118 g/mol. The molecule has 0 atom stereocenters. The number of nitrogens with two attached hydrogens (primary N) is 1. The molecule has 0 heterocycles. The highest BCUT2D eigenvalue weighted by atomic mass is 32.1. The Morgan fingerprint density at radius 2 is 1.88 bits per heavy atom. The van der Waals surface area contributed by atoms with E-state index in [4.69, 9.17) is 5.73 Å². The second kappa shape index (κ2) is 2.28. The third-order valence-electron chi connectivity index (χ3n) is 1.91. The highest BCUT2D eigenvalue weighted by Crippen LogP contribution is 2.27. The van der Waals surface area contributed by atoms with Gasteiger partial charge in [-0.3, -0.25) is 0 Å². The molecule has 8 heavy (non-hydrogen) atoms. The van der Waals surface area contributed by atoms with Gasteiger partial charge in [-0.1, -0.05) is 12.8 Å². The van der Waals surface area contributed by atoms with E-state index < -0.39 is 0 Å². The molecule has 1 nitrogen and oxygen atoms in total. The Bertz CT molecular complexity index is 76.6. The van der Waals surface area contributed by atoms with E-state index in [2.05, 4.69) is 12.6 Å². The summed E-state index contributed by atoms with van der Waals surface area (Å²) in [5, 5.41) is 0. The van der Waals surface area contributed by atoms with Crippen LogP contribution in [-0.4, -0.2) is 11.3 Å². The van der Waals surface area contributed by atoms with Crippen LogP contribution >= 0.6 is 12.6 Å². The van der Waals surface area contributed by atoms with Crippen LogP contribution in [0.2, 0.25) is 0 Å². The lowest BCUT2D eigenvalue weighted by molar-refractivity contribution is 0.498. The zero-order valence-electron chi connectivity index (χ0n) is 5.06. The fourth-order valence-electron chi connectivity index (χ4n) is 1.24. The SMILES string of the molecule is NC1(CS)CCCC1. The van der Waals surface area contributed by atoms with E-state index in [0.29, 0.717) is 0 Å². The van der Waals surface area contributed by atoms with E-state index in [9.17, 15) is 0 Å². The van der Waals surface area contributed by atoms with Gasteiger partial charge in [0.15, 0.2) is 0 Å². The van der Waals surface area contributed by atoms with Crippen LogP contribution in [0.4, 0.5) is 0 Å². The highest BCUT2D eigenvalue weighted by Gasteiger charge is 2.26. The summed E-state index contributed by atoms with van der Waals surface area (Å²) in [6, 6.07) is 0. The summed E-state index contributed by atoms with van der Waals surface area (Å²) in [5.41, 5.74) is 5.98. The van der Waals surface area contributed by atoms with Crippen LogP contribution in [0.15, 0.2) is 0 Å². The van der Waals surface area contributed by atoms with Gasteiger partial charge in [-0.05, 0) is 12.8 Å². The molecule has 2 heteroatoms. The Labute approximate surface area is 56.1 Å². The fourth-order valence-corrected chi connectivity index (χ4v) is 1.55. The molecule has 0 bridgehead atoms. The highest BCUT2D eigenvalue weighted by molar-refractivity contribution is 7.80. The summed E-state index contributed by atoms with van der Waals surface area (Å²) in [6.07, 6.45) is 4.96. The summed E-state index contributed by atoms with van der Waals surface area (Å²) in [4.78, 5) is 0. The second-order valence-electron chi connectivity index (χ2n) is 2.73. The molecular formula is C6H13NS. The molecule has 0 aromatic carbocycles. The molecule has 1 aliphatic carbocycles.